The van der Waals surface area contributed by atoms with Gasteiger partial charge in [0.1, 0.15) is 0 Å². The molecule has 1 aromatic rings. The molecular weight excluding hydrogens is 336 g/mol. The number of piperazine rings is 1. The van der Waals surface area contributed by atoms with Crippen molar-refractivity contribution in [2.45, 2.75) is 6.42 Å². The Kier molecular flexibility index (Phi) is 9.06. The highest BCUT2D eigenvalue weighted by molar-refractivity contribution is 5.85. The summed E-state index contributed by atoms with van der Waals surface area (Å²) in [6.45, 7) is 5.39. The standard InChI is InChI=1S/C15H22N4O4.ClH/c20-15(17-6-3-9-18-10-7-16-8-11-18)12-23-14-5-2-1-4-13(14)19(21)22;/h1-2,4-5,16H,3,6-12H2,(H,17,20);1H. The molecular formula is C15H23ClN4O4. The highest BCUT2D eigenvalue weighted by Gasteiger charge is 2.15. The smallest absolute Gasteiger partial charge is 0.310 e. The summed E-state index contributed by atoms with van der Waals surface area (Å²) in [7, 11) is 0. The summed E-state index contributed by atoms with van der Waals surface area (Å²) in [6, 6.07) is 6.02. The van der Waals surface area contributed by atoms with Crippen molar-refractivity contribution in [3.8, 4) is 5.75 Å². The Bertz CT molecular complexity index is 538. The summed E-state index contributed by atoms with van der Waals surface area (Å²) in [4.78, 5) is 24.4. The molecule has 134 valence electrons. The maximum Gasteiger partial charge on any atom is 0.310 e. The average molecular weight is 359 g/mol. The minimum absolute atomic E-state index is 0. The maximum absolute atomic E-state index is 11.7. The fourth-order valence-electron chi connectivity index (χ4n) is 2.39. The maximum atomic E-state index is 11.7. The highest BCUT2D eigenvalue weighted by atomic mass is 35.5. The Morgan fingerprint density at radius 3 is 2.75 bits per heavy atom. The van der Waals surface area contributed by atoms with Gasteiger partial charge in [0.2, 0.25) is 0 Å². The molecule has 0 aliphatic carbocycles. The number of para-hydroxylation sites is 2. The number of rotatable bonds is 8. The molecule has 0 bridgehead atoms. The first-order chi connectivity index (χ1) is 11.2. The van der Waals surface area contributed by atoms with Crippen molar-refractivity contribution < 1.29 is 14.5 Å². The molecule has 1 aliphatic heterocycles. The molecule has 1 aliphatic rings. The van der Waals surface area contributed by atoms with Crippen molar-refractivity contribution in [3.63, 3.8) is 0 Å². The number of benzene rings is 1. The van der Waals surface area contributed by atoms with Crippen molar-refractivity contribution in [2.75, 3.05) is 45.9 Å². The summed E-state index contributed by atoms with van der Waals surface area (Å²) in [6.07, 6.45) is 0.872. The predicted octanol–water partition coefficient (Wildman–Crippen LogP) is 0.807. The summed E-state index contributed by atoms with van der Waals surface area (Å²) < 4.78 is 5.23. The molecule has 1 heterocycles. The quantitative estimate of drug-likeness (QED) is 0.405. The van der Waals surface area contributed by atoms with E-state index in [0.29, 0.717) is 6.54 Å². The molecule has 1 fully saturated rings. The van der Waals surface area contributed by atoms with E-state index >= 15 is 0 Å². The number of nitrogens with zero attached hydrogens (tertiary/aromatic N) is 2. The fourth-order valence-corrected chi connectivity index (χ4v) is 2.39. The number of nitro groups is 1. The molecule has 2 N–H and O–H groups in total. The van der Waals surface area contributed by atoms with Crippen LogP contribution in [0.1, 0.15) is 6.42 Å². The van der Waals surface area contributed by atoms with Crippen LogP contribution in [-0.4, -0.2) is 61.6 Å². The van der Waals surface area contributed by atoms with Crippen LogP contribution in [-0.2, 0) is 4.79 Å². The Morgan fingerprint density at radius 2 is 2.04 bits per heavy atom. The molecule has 0 saturated carbocycles. The number of nitrogens with one attached hydrogen (secondary N) is 2. The monoisotopic (exact) mass is 358 g/mol. The van der Waals surface area contributed by atoms with Crippen molar-refractivity contribution >= 4 is 24.0 Å². The number of hydrogen-bond acceptors (Lipinski definition) is 6. The number of halogens is 1. The van der Waals surface area contributed by atoms with Gasteiger partial charge in [0.25, 0.3) is 5.91 Å². The van der Waals surface area contributed by atoms with Gasteiger partial charge in [0.05, 0.1) is 4.92 Å². The van der Waals surface area contributed by atoms with Gasteiger partial charge in [-0.05, 0) is 19.0 Å². The summed E-state index contributed by atoms with van der Waals surface area (Å²) in [5, 5.41) is 16.9. The second-order valence-electron chi connectivity index (χ2n) is 5.31. The summed E-state index contributed by atoms with van der Waals surface area (Å²) >= 11 is 0. The Morgan fingerprint density at radius 1 is 1.33 bits per heavy atom. The first kappa shape index (κ1) is 20.1. The largest absolute Gasteiger partial charge is 0.477 e. The zero-order chi connectivity index (χ0) is 16.5. The number of carbonyl (C=O) groups is 1. The molecule has 0 radical (unpaired) electrons. The number of carbonyl (C=O) groups excluding carboxylic acids is 1. The van der Waals surface area contributed by atoms with Crippen molar-refractivity contribution in [2.24, 2.45) is 0 Å². The van der Waals surface area contributed by atoms with E-state index in [2.05, 4.69) is 15.5 Å². The molecule has 1 amide bonds. The van der Waals surface area contributed by atoms with Crippen LogP contribution in [0.3, 0.4) is 0 Å². The van der Waals surface area contributed by atoms with Crippen molar-refractivity contribution in [1.29, 1.82) is 0 Å². The zero-order valence-corrected chi connectivity index (χ0v) is 14.2. The van der Waals surface area contributed by atoms with E-state index in [-0.39, 0.29) is 36.4 Å². The topological polar surface area (TPSA) is 96.7 Å². The molecule has 0 spiro atoms. The SMILES string of the molecule is Cl.O=C(COc1ccccc1[N+](=O)[O-])NCCCN1CCNCC1. The number of amides is 1. The normalized spacial score (nSPS) is 14.5. The Labute approximate surface area is 147 Å². The van der Waals surface area contributed by atoms with Gasteiger partial charge < -0.3 is 20.3 Å². The van der Waals surface area contributed by atoms with Gasteiger partial charge in [0.15, 0.2) is 12.4 Å². The third-order valence-corrected chi connectivity index (χ3v) is 3.60. The molecule has 9 heteroatoms. The minimum atomic E-state index is -0.527. The van der Waals surface area contributed by atoms with Gasteiger partial charge in [-0.15, -0.1) is 12.4 Å². The molecule has 1 saturated heterocycles. The van der Waals surface area contributed by atoms with Crippen LogP contribution >= 0.6 is 12.4 Å². The van der Waals surface area contributed by atoms with Crippen LogP contribution in [0.2, 0.25) is 0 Å². The lowest BCUT2D eigenvalue weighted by Gasteiger charge is -2.27. The van der Waals surface area contributed by atoms with E-state index in [9.17, 15) is 14.9 Å². The third kappa shape index (κ3) is 6.69. The van der Waals surface area contributed by atoms with E-state index in [1.807, 2.05) is 0 Å². The number of hydrogen-bond donors (Lipinski definition) is 2. The minimum Gasteiger partial charge on any atom is -0.477 e. The second kappa shape index (κ2) is 10.8. The van der Waals surface area contributed by atoms with Crippen LogP contribution in [0, 0.1) is 10.1 Å². The highest BCUT2D eigenvalue weighted by Crippen LogP contribution is 2.25. The zero-order valence-electron chi connectivity index (χ0n) is 13.4. The molecule has 1 aromatic carbocycles. The second-order valence-corrected chi connectivity index (χ2v) is 5.31. The van der Waals surface area contributed by atoms with Crippen LogP contribution < -0.4 is 15.4 Å². The lowest BCUT2D eigenvalue weighted by Crippen LogP contribution is -2.44. The lowest BCUT2D eigenvalue weighted by atomic mass is 10.3. The van der Waals surface area contributed by atoms with E-state index in [1.54, 1.807) is 12.1 Å². The van der Waals surface area contributed by atoms with E-state index in [4.69, 9.17) is 4.74 Å². The van der Waals surface area contributed by atoms with E-state index in [1.165, 1.54) is 12.1 Å². The molecule has 8 nitrogen and oxygen atoms in total. The Hall–Kier alpha value is -1.90. The van der Waals surface area contributed by atoms with Gasteiger partial charge in [-0.3, -0.25) is 14.9 Å². The van der Waals surface area contributed by atoms with Crippen LogP contribution in [0.4, 0.5) is 5.69 Å². The fraction of sp³-hybridized carbons (Fsp3) is 0.533. The molecule has 2 rings (SSSR count). The predicted molar refractivity (Wildman–Crippen MR) is 92.8 cm³/mol. The van der Waals surface area contributed by atoms with Crippen LogP contribution in [0.25, 0.3) is 0 Å². The first-order valence-electron chi connectivity index (χ1n) is 7.73. The first-order valence-corrected chi connectivity index (χ1v) is 7.73. The Balaban J connectivity index is 0.00000288. The molecule has 24 heavy (non-hydrogen) atoms. The van der Waals surface area contributed by atoms with Crippen LogP contribution in [0.5, 0.6) is 5.75 Å². The van der Waals surface area contributed by atoms with E-state index < -0.39 is 4.92 Å². The van der Waals surface area contributed by atoms with Gasteiger partial charge in [0, 0.05) is 38.8 Å². The van der Waals surface area contributed by atoms with Gasteiger partial charge in [-0.25, -0.2) is 0 Å². The van der Waals surface area contributed by atoms with E-state index in [0.717, 1.165) is 39.1 Å². The average Bonchev–Trinajstić information content (AvgIpc) is 2.58. The molecule has 0 aromatic heterocycles. The lowest BCUT2D eigenvalue weighted by molar-refractivity contribution is -0.385. The summed E-state index contributed by atoms with van der Waals surface area (Å²) in [5.74, 6) is -0.170. The van der Waals surface area contributed by atoms with Gasteiger partial charge >= 0.3 is 5.69 Å². The number of ether oxygens (including phenoxy) is 1. The molecule has 0 unspecified atom stereocenters. The van der Waals surface area contributed by atoms with Gasteiger partial charge in [-0.2, -0.15) is 0 Å². The van der Waals surface area contributed by atoms with Crippen molar-refractivity contribution in [1.82, 2.24) is 15.5 Å². The van der Waals surface area contributed by atoms with Crippen molar-refractivity contribution in [3.05, 3.63) is 34.4 Å². The number of nitro benzene ring substituents is 1. The third-order valence-electron chi connectivity index (χ3n) is 3.60. The molecule has 0 atom stereocenters. The van der Waals surface area contributed by atoms with Gasteiger partial charge in [-0.1, -0.05) is 12.1 Å². The van der Waals surface area contributed by atoms with Crippen LogP contribution in [0.15, 0.2) is 24.3 Å². The summed E-state index contributed by atoms with van der Waals surface area (Å²) in [5.41, 5.74) is -0.140.